The van der Waals surface area contributed by atoms with Crippen LogP contribution in [0.15, 0.2) is 0 Å². The van der Waals surface area contributed by atoms with Crippen LogP contribution in [0.5, 0.6) is 0 Å². The largest absolute Gasteiger partial charge is 0.355 e. The zero-order valence-corrected chi connectivity index (χ0v) is 10.3. The first-order valence-electron chi connectivity index (χ1n) is 6.99. The number of nitrogens with one attached hydrogen (secondary N) is 1. The second-order valence-electron chi connectivity index (χ2n) is 6.20. The van der Waals surface area contributed by atoms with Crippen molar-refractivity contribution < 1.29 is 4.79 Å². The molecular weight excluding hydrogens is 210 g/mol. The Morgan fingerprint density at radius 1 is 1.12 bits per heavy atom. The van der Waals surface area contributed by atoms with Gasteiger partial charge in [-0.15, -0.1) is 12.3 Å². The Hall–Kier alpha value is -0.970. The van der Waals surface area contributed by atoms with E-state index in [0.717, 1.165) is 11.8 Å². The zero-order valence-electron chi connectivity index (χ0n) is 10.3. The summed E-state index contributed by atoms with van der Waals surface area (Å²) in [6, 6.07) is 0. The summed E-state index contributed by atoms with van der Waals surface area (Å²) in [5.74, 6) is 6.40. The molecule has 0 aromatic carbocycles. The van der Waals surface area contributed by atoms with E-state index in [9.17, 15) is 4.79 Å². The first-order chi connectivity index (χ1) is 8.28. The van der Waals surface area contributed by atoms with Gasteiger partial charge in [0.1, 0.15) is 0 Å². The lowest BCUT2D eigenvalue weighted by molar-refractivity contribution is -0.138. The molecule has 4 rings (SSSR count). The van der Waals surface area contributed by atoms with Gasteiger partial charge < -0.3 is 5.32 Å². The molecule has 4 saturated carbocycles. The molecule has 0 saturated heterocycles. The van der Waals surface area contributed by atoms with E-state index >= 15 is 0 Å². The Morgan fingerprint density at radius 2 is 1.71 bits per heavy atom. The minimum Gasteiger partial charge on any atom is -0.355 e. The number of rotatable bonds is 3. The molecule has 0 aliphatic heterocycles. The summed E-state index contributed by atoms with van der Waals surface area (Å²) in [5, 5.41) is 3.03. The molecule has 17 heavy (non-hydrogen) atoms. The lowest BCUT2D eigenvalue weighted by Crippen LogP contribution is -2.51. The van der Waals surface area contributed by atoms with Gasteiger partial charge in [-0.25, -0.2) is 0 Å². The average molecular weight is 231 g/mol. The lowest BCUT2D eigenvalue weighted by Gasteiger charge is -2.53. The third-order valence-corrected chi connectivity index (χ3v) is 5.10. The second kappa shape index (κ2) is 4.37. The lowest BCUT2D eigenvalue weighted by atomic mass is 9.51. The van der Waals surface area contributed by atoms with Gasteiger partial charge in [0.25, 0.3) is 0 Å². The molecule has 4 bridgehead atoms. The molecule has 0 unspecified atom stereocenters. The molecule has 2 heteroatoms. The number of terminal acetylenes is 1. The van der Waals surface area contributed by atoms with Crippen molar-refractivity contribution in [2.45, 2.75) is 38.5 Å². The molecule has 92 valence electrons. The van der Waals surface area contributed by atoms with Crippen molar-refractivity contribution >= 4 is 5.91 Å². The summed E-state index contributed by atoms with van der Waals surface area (Å²) in [5.41, 5.74) is 0. The number of hydrogen-bond donors (Lipinski definition) is 1. The summed E-state index contributed by atoms with van der Waals surface area (Å²) in [7, 11) is 0. The van der Waals surface area contributed by atoms with Crippen molar-refractivity contribution in [3.8, 4) is 12.3 Å². The molecular formula is C15H21NO. The van der Waals surface area contributed by atoms with Crippen LogP contribution in [0, 0.1) is 41.9 Å². The third kappa shape index (κ3) is 1.97. The first kappa shape index (κ1) is 11.1. The minimum absolute atomic E-state index is 0.286. The molecule has 0 heterocycles. The van der Waals surface area contributed by atoms with Crippen molar-refractivity contribution in [2.24, 2.45) is 29.6 Å². The van der Waals surface area contributed by atoms with Crippen molar-refractivity contribution in [1.29, 1.82) is 0 Å². The number of carbonyl (C=O) groups is 1. The molecule has 4 aliphatic carbocycles. The minimum atomic E-state index is 0.286. The first-order valence-corrected chi connectivity index (χ1v) is 6.99. The smallest absolute Gasteiger partial charge is 0.223 e. The van der Waals surface area contributed by atoms with Crippen LogP contribution in [-0.4, -0.2) is 12.5 Å². The Kier molecular flexibility index (Phi) is 2.86. The quantitative estimate of drug-likeness (QED) is 0.585. The molecule has 0 aromatic heterocycles. The highest BCUT2D eigenvalue weighted by Crippen LogP contribution is 2.56. The van der Waals surface area contributed by atoms with E-state index in [1.54, 1.807) is 0 Å². The van der Waals surface area contributed by atoms with E-state index in [1.165, 1.54) is 32.1 Å². The van der Waals surface area contributed by atoms with Crippen molar-refractivity contribution in [1.82, 2.24) is 5.32 Å². The van der Waals surface area contributed by atoms with Crippen LogP contribution in [0.2, 0.25) is 0 Å². The highest BCUT2D eigenvalue weighted by Gasteiger charge is 2.50. The average Bonchev–Trinajstić information content (AvgIpc) is 2.27. The van der Waals surface area contributed by atoms with Crippen molar-refractivity contribution in [3.63, 3.8) is 0 Å². The van der Waals surface area contributed by atoms with E-state index < -0.39 is 0 Å². The van der Waals surface area contributed by atoms with Gasteiger partial charge in [-0.05, 0) is 55.8 Å². The van der Waals surface area contributed by atoms with Gasteiger partial charge in [-0.3, -0.25) is 4.79 Å². The topological polar surface area (TPSA) is 29.1 Å². The fraction of sp³-hybridized carbons (Fsp3) is 0.800. The van der Waals surface area contributed by atoms with Gasteiger partial charge in [0.15, 0.2) is 0 Å². The van der Waals surface area contributed by atoms with Gasteiger partial charge in [0.05, 0.1) is 0 Å². The van der Waals surface area contributed by atoms with Crippen LogP contribution >= 0.6 is 0 Å². The van der Waals surface area contributed by atoms with Crippen LogP contribution in [0.3, 0.4) is 0 Å². The van der Waals surface area contributed by atoms with Crippen LogP contribution in [0.4, 0.5) is 0 Å². The van der Waals surface area contributed by atoms with Gasteiger partial charge in [-0.1, -0.05) is 0 Å². The van der Waals surface area contributed by atoms with Crippen LogP contribution in [0.25, 0.3) is 0 Å². The number of amides is 1. The molecule has 2 nitrogen and oxygen atoms in total. The van der Waals surface area contributed by atoms with E-state index in [4.69, 9.17) is 6.42 Å². The molecule has 4 aliphatic rings. The summed E-state index contributed by atoms with van der Waals surface area (Å²) in [4.78, 5) is 12.2. The Morgan fingerprint density at radius 3 is 2.24 bits per heavy atom. The Bertz CT molecular complexity index is 326. The maximum atomic E-state index is 12.2. The third-order valence-electron chi connectivity index (χ3n) is 5.10. The normalized spacial score (nSPS) is 42.2. The van der Waals surface area contributed by atoms with Gasteiger partial charge in [0, 0.05) is 18.9 Å². The monoisotopic (exact) mass is 231 g/mol. The van der Waals surface area contributed by atoms with Crippen LogP contribution < -0.4 is 5.32 Å². The van der Waals surface area contributed by atoms with Crippen LogP contribution in [-0.2, 0) is 4.79 Å². The summed E-state index contributed by atoms with van der Waals surface area (Å²) in [6.07, 6.45) is 12.5. The second-order valence-corrected chi connectivity index (χ2v) is 6.20. The predicted octanol–water partition coefficient (Wildman–Crippen LogP) is 2.20. The van der Waals surface area contributed by atoms with Crippen molar-refractivity contribution in [2.75, 3.05) is 6.54 Å². The molecule has 0 atom stereocenters. The van der Waals surface area contributed by atoms with E-state index in [0.29, 0.717) is 30.7 Å². The van der Waals surface area contributed by atoms with E-state index in [-0.39, 0.29) is 5.91 Å². The number of carbonyl (C=O) groups excluding carboxylic acids is 1. The summed E-state index contributed by atoms with van der Waals surface area (Å²) >= 11 is 0. The van der Waals surface area contributed by atoms with E-state index in [1.807, 2.05) is 0 Å². The molecule has 0 radical (unpaired) electrons. The fourth-order valence-corrected chi connectivity index (χ4v) is 4.73. The van der Waals surface area contributed by atoms with Crippen LogP contribution in [0.1, 0.15) is 38.5 Å². The Labute approximate surface area is 104 Å². The van der Waals surface area contributed by atoms with Gasteiger partial charge in [-0.2, -0.15) is 0 Å². The maximum Gasteiger partial charge on any atom is 0.223 e. The van der Waals surface area contributed by atoms with Gasteiger partial charge in [0.2, 0.25) is 5.91 Å². The van der Waals surface area contributed by atoms with Gasteiger partial charge >= 0.3 is 0 Å². The maximum absolute atomic E-state index is 12.2. The van der Waals surface area contributed by atoms with Crippen molar-refractivity contribution in [3.05, 3.63) is 0 Å². The molecule has 4 fully saturated rings. The zero-order chi connectivity index (χ0) is 11.8. The highest BCUT2D eigenvalue weighted by atomic mass is 16.1. The molecule has 1 N–H and O–H groups in total. The SMILES string of the molecule is C#CCCNC(=O)C1C2CC3CC(C2)CC1C3. The molecule has 1 amide bonds. The highest BCUT2D eigenvalue weighted by molar-refractivity contribution is 5.79. The summed E-state index contributed by atoms with van der Waals surface area (Å²) < 4.78 is 0. The summed E-state index contributed by atoms with van der Waals surface area (Å²) in [6.45, 7) is 0.651. The fourth-order valence-electron chi connectivity index (χ4n) is 4.73. The predicted molar refractivity (Wildman–Crippen MR) is 67.0 cm³/mol. The molecule has 0 aromatic rings. The molecule has 0 spiro atoms. The number of hydrogen-bond acceptors (Lipinski definition) is 1. The van der Waals surface area contributed by atoms with E-state index in [2.05, 4.69) is 11.2 Å². The Balaban J connectivity index is 1.64. The standard InChI is InChI=1S/C15H21NO/c1-2-3-4-16-15(17)14-12-6-10-5-11(8-12)9-13(14)7-10/h1,10-14H,3-9H2,(H,16,17).